The van der Waals surface area contributed by atoms with Crippen LogP contribution in [0.15, 0.2) is 48.3 Å². The summed E-state index contributed by atoms with van der Waals surface area (Å²) in [6.07, 6.45) is 8.69. The summed E-state index contributed by atoms with van der Waals surface area (Å²) in [4.78, 5) is 0. The third-order valence-electron chi connectivity index (χ3n) is 7.00. The van der Waals surface area contributed by atoms with E-state index in [-0.39, 0.29) is 17.7 Å². The van der Waals surface area contributed by atoms with E-state index < -0.39 is 11.6 Å². The predicted molar refractivity (Wildman–Crippen MR) is 126 cm³/mol. The van der Waals surface area contributed by atoms with Gasteiger partial charge in [0.15, 0.2) is 11.6 Å². The van der Waals surface area contributed by atoms with Crippen molar-refractivity contribution in [1.29, 1.82) is 0 Å². The molecule has 0 radical (unpaired) electrons. The molecule has 3 heteroatoms. The molecule has 0 spiro atoms. The van der Waals surface area contributed by atoms with Crippen LogP contribution in [0.3, 0.4) is 0 Å². The maximum absolute atomic E-state index is 14.7. The highest BCUT2D eigenvalue weighted by atomic mass is 19.2. The molecule has 0 aromatic heterocycles. The number of benzene rings is 1. The standard InChI is InChI=1S/C28H39F3/c1-18(2)26(29)17-22(6)21(5)11-7-19(3)10-14-24-15-16-25(28(31)27(24)30)23-12-8-20(4)9-13-23/h15-17,19-21,23H,1,6-14H2,2-5H3/b26-17+. The van der Waals surface area contributed by atoms with Crippen molar-refractivity contribution in [1.82, 2.24) is 0 Å². The van der Waals surface area contributed by atoms with Crippen LogP contribution in [-0.2, 0) is 6.42 Å². The van der Waals surface area contributed by atoms with Gasteiger partial charge in [0, 0.05) is 0 Å². The highest BCUT2D eigenvalue weighted by Gasteiger charge is 2.24. The van der Waals surface area contributed by atoms with Crippen LogP contribution in [0.4, 0.5) is 13.2 Å². The summed E-state index contributed by atoms with van der Waals surface area (Å²) in [6, 6.07) is 3.60. The van der Waals surface area contributed by atoms with E-state index in [1.54, 1.807) is 13.0 Å². The molecule has 1 aromatic rings. The van der Waals surface area contributed by atoms with Gasteiger partial charge in [0.25, 0.3) is 0 Å². The SMILES string of the molecule is C=C(C)/C(F)=C\C(=C)C(C)CCC(C)CCc1ccc(C2CCC(C)CC2)c(F)c1F. The summed E-state index contributed by atoms with van der Waals surface area (Å²) in [5.41, 5.74) is 2.19. The second kappa shape index (κ2) is 11.7. The van der Waals surface area contributed by atoms with Gasteiger partial charge in [-0.05, 0) is 91.0 Å². The molecule has 0 aliphatic heterocycles. The average molecular weight is 433 g/mol. The van der Waals surface area contributed by atoms with E-state index in [1.165, 1.54) is 6.08 Å². The van der Waals surface area contributed by atoms with E-state index in [4.69, 9.17) is 0 Å². The molecule has 1 fully saturated rings. The van der Waals surface area contributed by atoms with E-state index in [1.807, 2.05) is 13.0 Å². The molecule has 0 nitrogen and oxygen atoms in total. The van der Waals surface area contributed by atoms with Gasteiger partial charge in [-0.1, -0.05) is 65.3 Å². The lowest BCUT2D eigenvalue weighted by molar-refractivity contribution is 0.338. The Hall–Kier alpha value is -1.77. The molecule has 172 valence electrons. The minimum atomic E-state index is -0.662. The first-order valence-corrected chi connectivity index (χ1v) is 11.8. The number of rotatable bonds is 10. The third kappa shape index (κ3) is 7.40. The Bertz CT molecular complexity index is 797. The third-order valence-corrected chi connectivity index (χ3v) is 7.00. The van der Waals surface area contributed by atoms with Crippen LogP contribution in [0.5, 0.6) is 0 Å². The van der Waals surface area contributed by atoms with E-state index in [0.29, 0.717) is 35.0 Å². The Kier molecular flexibility index (Phi) is 9.65. The zero-order valence-corrected chi connectivity index (χ0v) is 19.7. The van der Waals surface area contributed by atoms with E-state index in [2.05, 4.69) is 27.0 Å². The zero-order chi connectivity index (χ0) is 23.1. The van der Waals surface area contributed by atoms with Crippen molar-refractivity contribution >= 4 is 0 Å². The first kappa shape index (κ1) is 25.5. The molecule has 0 bridgehead atoms. The molecular formula is C28H39F3. The van der Waals surface area contributed by atoms with Gasteiger partial charge in [-0.25, -0.2) is 13.2 Å². The largest absolute Gasteiger partial charge is 0.207 e. The quantitative estimate of drug-likeness (QED) is 0.323. The lowest BCUT2D eigenvalue weighted by Crippen LogP contribution is -2.13. The van der Waals surface area contributed by atoms with E-state index in [0.717, 1.165) is 50.5 Å². The molecule has 0 amide bonds. The van der Waals surface area contributed by atoms with Crippen LogP contribution >= 0.6 is 0 Å². The average Bonchev–Trinajstić information content (AvgIpc) is 2.73. The first-order valence-electron chi connectivity index (χ1n) is 11.8. The van der Waals surface area contributed by atoms with E-state index >= 15 is 0 Å². The number of allylic oxidation sites excluding steroid dienone is 4. The summed E-state index contributed by atoms with van der Waals surface area (Å²) in [5, 5.41) is 0. The Morgan fingerprint density at radius 2 is 1.68 bits per heavy atom. The fourth-order valence-corrected chi connectivity index (χ4v) is 4.38. The van der Waals surface area contributed by atoms with Crippen LogP contribution in [0.25, 0.3) is 0 Å². The van der Waals surface area contributed by atoms with Crippen molar-refractivity contribution in [3.8, 4) is 0 Å². The van der Waals surface area contributed by atoms with Crippen LogP contribution < -0.4 is 0 Å². The van der Waals surface area contributed by atoms with Gasteiger partial charge in [-0.3, -0.25) is 0 Å². The van der Waals surface area contributed by atoms with Gasteiger partial charge in [0.1, 0.15) is 5.83 Å². The number of aryl methyl sites for hydroxylation is 1. The smallest absolute Gasteiger partial charge is 0.162 e. The first-order chi connectivity index (χ1) is 14.6. The van der Waals surface area contributed by atoms with Crippen molar-refractivity contribution in [3.63, 3.8) is 0 Å². The monoisotopic (exact) mass is 432 g/mol. The lowest BCUT2D eigenvalue weighted by atomic mass is 9.79. The van der Waals surface area contributed by atoms with Crippen LogP contribution in [-0.4, -0.2) is 0 Å². The molecular weight excluding hydrogens is 393 g/mol. The predicted octanol–water partition coefficient (Wildman–Crippen LogP) is 9.23. The topological polar surface area (TPSA) is 0 Å². The summed E-state index contributed by atoms with van der Waals surface area (Å²) in [5.74, 6) is -0.255. The van der Waals surface area contributed by atoms with Crippen LogP contribution in [0, 0.1) is 29.4 Å². The maximum atomic E-state index is 14.7. The van der Waals surface area contributed by atoms with Crippen molar-refractivity contribution in [2.24, 2.45) is 17.8 Å². The number of halogens is 3. The molecule has 0 N–H and O–H groups in total. The van der Waals surface area contributed by atoms with Gasteiger partial charge < -0.3 is 0 Å². The summed E-state index contributed by atoms with van der Waals surface area (Å²) in [6.45, 7) is 15.6. The van der Waals surface area contributed by atoms with E-state index in [9.17, 15) is 13.2 Å². The maximum Gasteiger partial charge on any atom is 0.162 e. The molecule has 1 aromatic carbocycles. The van der Waals surface area contributed by atoms with Crippen molar-refractivity contribution in [3.05, 3.63) is 71.1 Å². The molecule has 1 aliphatic rings. The second-order valence-electron chi connectivity index (χ2n) is 9.87. The van der Waals surface area contributed by atoms with Gasteiger partial charge in [-0.2, -0.15) is 0 Å². The highest BCUT2D eigenvalue weighted by molar-refractivity contribution is 5.30. The highest BCUT2D eigenvalue weighted by Crippen LogP contribution is 2.37. The molecule has 0 heterocycles. The second-order valence-corrected chi connectivity index (χ2v) is 9.87. The minimum Gasteiger partial charge on any atom is -0.207 e. The molecule has 0 saturated heterocycles. The fourth-order valence-electron chi connectivity index (χ4n) is 4.38. The van der Waals surface area contributed by atoms with Gasteiger partial charge in [0.2, 0.25) is 0 Å². The van der Waals surface area contributed by atoms with Crippen molar-refractivity contribution in [2.45, 2.75) is 85.0 Å². The normalized spacial score (nSPS) is 21.6. The lowest BCUT2D eigenvalue weighted by Gasteiger charge is -2.27. The van der Waals surface area contributed by atoms with Gasteiger partial charge in [-0.15, -0.1) is 0 Å². The summed E-state index contributed by atoms with van der Waals surface area (Å²) < 4.78 is 43.2. The molecule has 2 atom stereocenters. The van der Waals surface area contributed by atoms with Crippen molar-refractivity contribution < 1.29 is 13.2 Å². The summed E-state index contributed by atoms with van der Waals surface area (Å²) in [7, 11) is 0. The fraction of sp³-hybridized carbons (Fsp3) is 0.571. The Morgan fingerprint density at radius 1 is 1.03 bits per heavy atom. The van der Waals surface area contributed by atoms with Crippen LogP contribution in [0.1, 0.15) is 89.7 Å². The molecule has 31 heavy (non-hydrogen) atoms. The molecule has 1 aliphatic carbocycles. The van der Waals surface area contributed by atoms with Crippen molar-refractivity contribution in [2.75, 3.05) is 0 Å². The number of hydrogen-bond donors (Lipinski definition) is 0. The van der Waals surface area contributed by atoms with Gasteiger partial charge >= 0.3 is 0 Å². The number of hydrogen-bond acceptors (Lipinski definition) is 0. The molecule has 2 rings (SSSR count). The summed E-state index contributed by atoms with van der Waals surface area (Å²) >= 11 is 0. The van der Waals surface area contributed by atoms with Crippen LogP contribution in [0.2, 0.25) is 0 Å². The molecule has 1 saturated carbocycles. The van der Waals surface area contributed by atoms with Gasteiger partial charge in [0.05, 0.1) is 0 Å². The zero-order valence-electron chi connectivity index (χ0n) is 19.7. The Labute approximate surface area is 187 Å². The molecule has 2 unspecified atom stereocenters. The Morgan fingerprint density at radius 3 is 2.29 bits per heavy atom. The minimum absolute atomic E-state index is 0.150. The Balaban J connectivity index is 1.87.